The van der Waals surface area contributed by atoms with Crippen molar-refractivity contribution >= 4 is 41.5 Å². The minimum absolute atomic E-state index is 0. The second-order valence-corrected chi connectivity index (χ2v) is 5.84. The Morgan fingerprint density at radius 1 is 1.45 bits per heavy atom. The van der Waals surface area contributed by atoms with Gasteiger partial charge in [0.25, 0.3) is 0 Å². The fraction of sp³-hybridized carbons (Fsp3) is 0.500. The molecule has 1 aromatic carbocycles. The molecule has 0 saturated carbocycles. The van der Waals surface area contributed by atoms with Crippen LogP contribution in [0.15, 0.2) is 12.1 Å². The minimum Gasteiger partial charge on any atom is -0.375 e. The number of benzene rings is 1. The van der Waals surface area contributed by atoms with Crippen molar-refractivity contribution < 1.29 is 13.9 Å². The summed E-state index contributed by atoms with van der Waals surface area (Å²) in [7, 11) is 0. The van der Waals surface area contributed by atoms with Crippen LogP contribution in [-0.4, -0.2) is 31.2 Å². The number of carbonyl (C=O) groups excluding carboxylic acids is 1. The highest BCUT2D eigenvalue weighted by molar-refractivity contribution is 6.35. The topological polar surface area (TPSA) is 50.4 Å². The van der Waals surface area contributed by atoms with Crippen LogP contribution in [0.3, 0.4) is 0 Å². The lowest BCUT2D eigenvalue weighted by Gasteiger charge is -2.30. The summed E-state index contributed by atoms with van der Waals surface area (Å²) >= 11 is 11.7. The summed E-state index contributed by atoms with van der Waals surface area (Å²) < 4.78 is 19.0. The number of hydrogen-bond donors (Lipinski definition) is 2. The minimum atomic E-state index is -0.565. The number of morpholine rings is 1. The fourth-order valence-electron chi connectivity index (χ4n) is 2.28. The molecule has 0 spiro atoms. The lowest BCUT2D eigenvalue weighted by molar-refractivity contribution is -0.129. The Kier molecular flexibility index (Phi) is 7.35. The Bertz CT molecular complexity index is 545. The molecule has 8 heteroatoms. The van der Waals surface area contributed by atoms with Gasteiger partial charge in [-0.25, -0.2) is 4.39 Å². The van der Waals surface area contributed by atoms with Crippen molar-refractivity contribution in [2.45, 2.75) is 32.0 Å². The average molecular weight is 372 g/mol. The molecule has 0 bridgehead atoms. The number of rotatable bonds is 3. The van der Waals surface area contributed by atoms with Crippen LogP contribution in [-0.2, 0) is 9.53 Å². The van der Waals surface area contributed by atoms with Crippen molar-refractivity contribution in [3.8, 4) is 0 Å². The molecule has 2 rings (SSSR count). The number of carbonyl (C=O) groups is 1. The summed E-state index contributed by atoms with van der Waals surface area (Å²) in [6.45, 7) is 4.76. The Morgan fingerprint density at radius 3 is 2.77 bits per heavy atom. The number of halogens is 4. The van der Waals surface area contributed by atoms with Crippen LogP contribution in [0.25, 0.3) is 0 Å². The van der Waals surface area contributed by atoms with Gasteiger partial charge in [0.15, 0.2) is 0 Å². The number of ether oxygens (including phenoxy) is 1. The zero-order valence-corrected chi connectivity index (χ0v) is 14.5. The first-order valence-corrected chi connectivity index (χ1v) is 7.45. The smallest absolute Gasteiger partial charge is 0.240 e. The highest BCUT2D eigenvalue weighted by atomic mass is 35.5. The summed E-state index contributed by atoms with van der Waals surface area (Å²) in [5.74, 6) is -0.772. The molecule has 1 amide bonds. The van der Waals surface area contributed by atoms with Gasteiger partial charge in [0, 0.05) is 11.6 Å². The van der Waals surface area contributed by atoms with Gasteiger partial charge in [0.2, 0.25) is 5.91 Å². The quantitative estimate of drug-likeness (QED) is 0.803. The van der Waals surface area contributed by atoms with Crippen LogP contribution in [0.4, 0.5) is 4.39 Å². The van der Waals surface area contributed by atoms with Crippen molar-refractivity contribution in [2.24, 2.45) is 0 Å². The van der Waals surface area contributed by atoms with E-state index in [0.717, 1.165) is 0 Å². The molecule has 1 aliphatic rings. The molecule has 4 nitrogen and oxygen atoms in total. The highest BCUT2D eigenvalue weighted by Crippen LogP contribution is 2.28. The maximum absolute atomic E-state index is 13.5. The molecule has 1 heterocycles. The van der Waals surface area contributed by atoms with E-state index in [4.69, 9.17) is 27.9 Å². The standard InChI is InChI=1S/C14H17Cl2FN2O2.ClH/c1-7(9-5-12(17)11(16)6-10(9)15)19-14(20)13-8(2)21-4-3-18-13;/h5-8,13,18H,3-4H2,1-2H3,(H,19,20);1H/t7?,8-,13+;/m1./s1. The van der Waals surface area contributed by atoms with Gasteiger partial charge in [0.05, 0.1) is 23.8 Å². The van der Waals surface area contributed by atoms with E-state index < -0.39 is 17.9 Å². The molecule has 1 unspecified atom stereocenters. The molecule has 0 aliphatic carbocycles. The summed E-state index contributed by atoms with van der Waals surface area (Å²) in [5.41, 5.74) is 0.483. The fourth-order valence-corrected chi connectivity index (χ4v) is 2.82. The predicted molar refractivity (Wildman–Crippen MR) is 87.4 cm³/mol. The van der Waals surface area contributed by atoms with E-state index in [0.29, 0.717) is 23.7 Å². The van der Waals surface area contributed by atoms with Gasteiger partial charge in [-0.05, 0) is 31.5 Å². The molecular formula is C14H18Cl3FN2O2. The zero-order chi connectivity index (χ0) is 15.6. The second-order valence-electron chi connectivity index (χ2n) is 5.03. The van der Waals surface area contributed by atoms with Gasteiger partial charge in [-0.15, -0.1) is 12.4 Å². The normalized spacial score (nSPS) is 22.6. The first-order valence-electron chi connectivity index (χ1n) is 6.70. The van der Waals surface area contributed by atoms with Gasteiger partial charge in [-0.2, -0.15) is 0 Å². The van der Waals surface area contributed by atoms with E-state index in [2.05, 4.69) is 10.6 Å². The zero-order valence-electron chi connectivity index (χ0n) is 12.2. The Morgan fingerprint density at radius 2 is 2.14 bits per heavy atom. The summed E-state index contributed by atoms with van der Waals surface area (Å²) in [5, 5.41) is 6.18. The van der Waals surface area contributed by atoms with E-state index >= 15 is 0 Å². The first kappa shape index (κ1) is 19.5. The van der Waals surface area contributed by atoms with Crippen molar-refractivity contribution in [2.75, 3.05) is 13.2 Å². The van der Waals surface area contributed by atoms with Crippen LogP contribution < -0.4 is 10.6 Å². The highest BCUT2D eigenvalue weighted by Gasteiger charge is 2.29. The molecule has 1 aliphatic heterocycles. The molecule has 22 heavy (non-hydrogen) atoms. The van der Waals surface area contributed by atoms with Crippen molar-refractivity contribution in [1.82, 2.24) is 10.6 Å². The predicted octanol–water partition coefficient (Wildman–Crippen LogP) is 3.11. The van der Waals surface area contributed by atoms with Crippen LogP contribution in [0.2, 0.25) is 10.0 Å². The molecule has 124 valence electrons. The van der Waals surface area contributed by atoms with Crippen LogP contribution in [0.5, 0.6) is 0 Å². The monoisotopic (exact) mass is 370 g/mol. The average Bonchev–Trinajstić information content (AvgIpc) is 2.43. The number of nitrogens with one attached hydrogen (secondary N) is 2. The third kappa shape index (κ3) is 4.46. The SMILES string of the molecule is CC(NC(=O)[C@H]1NCCO[C@@H]1C)c1cc(F)c(Cl)cc1Cl.Cl. The summed E-state index contributed by atoms with van der Waals surface area (Å²) in [6.07, 6.45) is -0.219. The van der Waals surface area contributed by atoms with Gasteiger partial charge in [-0.3, -0.25) is 4.79 Å². The molecule has 1 fully saturated rings. The van der Waals surface area contributed by atoms with Crippen LogP contribution in [0, 0.1) is 5.82 Å². The van der Waals surface area contributed by atoms with Crippen LogP contribution >= 0.6 is 35.6 Å². The van der Waals surface area contributed by atoms with E-state index in [1.54, 1.807) is 6.92 Å². The van der Waals surface area contributed by atoms with Crippen molar-refractivity contribution in [3.63, 3.8) is 0 Å². The Hall–Kier alpha value is -0.590. The summed E-state index contributed by atoms with van der Waals surface area (Å²) in [6, 6.07) is 1.70. The van der Waals surface area contributed by atoms with Gasteiger partial charge in [-0.1, -0.05) is 23.2 Å². The van der Waals surface area contributed by atoms with Crippen molar-refractivity contribution in [1.29, 1.82) is 0 Å². The van der Waals surface area contributed by atoms with E-state index in [1.165, 1.54) is 12.1 Å². The maximum atomic E-state index is 13.5. The third-order valence-electron chi connectivity index (χ3n) is 3.46. The number of hydrogen-bond acceptors (Lipinski definition) is 3. The van der Waals surface area contributed by atoms with E-state index in [-0.39, 0.29) is 29.4 Å². The lowest BCUT2D eigenvalue weighted by atomic mass is 10.1. The third-order valence-corrected chi connectivity index (χ3v) is 4.08. The second kappa shape index (κ2) is 8.31. The van der Waals surface area contributed by atoms with Gasteiger partial charge < -0.3 is 15.4 Å². The maximum Gasteiger partial charge on any atom is 0.240 e. The van der Waals surface area contributed by atoms with Crippen LogP contribution in [0.1, 0.15) is 25.5 Å². The molecule has 1 saturated heterocycles. The molecule has 0 aromatic heterocycles. The largest absolute Gasteiger partial charge is 0.375 e. The van der Waals surface area contributed by atoms with E-state index in [9.17, 15) is 9.18 Å². The number of amides is 1. The molecular weight excluding hydrogens is 354 g/mol. The molecule has 1 aromatic rings. The van der Waals surface area contributed by atoms with E-state index in [1.807, 2.05) is 6.92 Å². The Labute approximate surface area is 145 Å². The first-order chi connectivity index (χ1) is 9.90. The lowest BCUT2D eigenvalue weighted by Crippen LogP contribution is -2.55. The van der Waals surface area contributed by atoms with Crippen molar-refractivity contribution in [3.05, 3.63) is 33.6 Å². The molecule has 0 radical (unpaired) electrons. The summed E-state index contributed by atoms with van der Waals surface area (Å²) in [4.78, 5) is 12.2. The Balaban J connectivity index is 0.00000242. The molecule has 3 atom stereocenters. The molecule has 2 N–H and O–H groups in total. The van der Waals surface area contributed by atoms with Gasteiger partial charge in [0.1, 0.15) is 11.9 Å². The van der Waals surface area contributed by atoms with Gasteiger partial charge >= 0.3 is 0 Å².